The van der Waals surface area contributed by atoms with E-state index in [1.54, 1.807) is 0 Å². The predicted octanol–water partition coefficient (Wildman–Crippen LogP) is 5.97. The van der Waals surface area contributed by atoms with E-state index in [9.17, 15) is 0 Å². The van der Waals surface area contributed by atoms with E-state index < -0.39 is 0 Å². The molecule has 0 bridgehead atoms. The summed E-state index contributed by atoms with van der Waals surface area (Å²) in [7, 11) is 0. The van der Waals surface area contributed by atoms with Crippen LogP contribution in [0.5, 0.6) is 0 Å². The van der Waals surface area contributed by atoms with Gasteiger partial charge in [0.05, 0.1) is 59.1 Å². The van der Waals surface area contributed by atoms with E-state index >= 15 is 0 Å². The van der Waals surface area contributed by atoms with E-state index in [2.05, 4.69) is 55.4 Å². The molecule has 0 radical (unpaired) electrons. The molecule has 0 aromatic carbocycles. The molecule has 0 aromatic heterocycles. The van der Waals surface area contributed by atoms with Crippen molar-refractivity contribution in [2.75, 3.05) is 59.5 Å². The van der Waals surface area contributed by atoms with Crippen molar-refractivity contribution in [2.24, 2.45) is 29.6 Å². The van der Waals surface area contributed by atoms with Gasteiger partial charge in [0.2, 0.25) is 0 Å². The molecular formula is C26H52O5. The molecule has 31 heavy (non-hydrogen) atoms. The molecule has 0 aliphatic heterocycles. The van der Waals surface area contributed by atoms with Crippen LogP contribution in [0.4, 0.5) is 0 Å². The van der Waals surface area contributed by atoms with Gasteiger partial charge >= 0.3 is 0 Å². The molecule has 0 spiro atoms. The Morgan fingerprint density at radius 2 is 0.871 bits per heavy atom. The molecule has 0 aliphatic rings. The van der Waals surface area contributed by atoms with Crippen molar-refractivity contribution in [1.29, 1.82) is 0 Å². The van der Waals surface area contributed by atoms with Crippen molar-refractivity contribution in [2.45, 2.75) is 68.2 Å². The van der Waals surface area contributed by atoms with Gasteiger partial charge in [-0.3, -0.25) is 0 Å². The third-order valence-electron chi connectivity index (χ3n) is 5.14. The summed E-state index contributed by atoms with van der Waals surface area (Å²) in [6.45, 7) is 23.9. The molecule has 0 heterocycles. The number of hydrogen-bond donors (Lipinski definition) is 0. The highest BCUT2D eigenvalue weighted by molar-refractivity contribution is 4.90. The van der Waals surface area contributed by atoms with E-state index in [1.807, 2.05) is 6.26 Å². The second-order valence-electron chi connectivity index (χ2n) is 9.74. The van der Waals surface area contributed by atoms with Gasteiger partial charge in [-0.25, -0.2) is 0 Å². The number of rotatable bonds is 21. The molecule has 5 unspecified atom stereocenters. The summed E-state index contributed by atoms with van der Waals surface area (Å²) >= 11 is 0. The minimum absolute atomic E-state index is 0.381. The lowest BCUT2D eigenvalue weighted by atomic mass is 10.1. The number of allylic oxidation sites excluding steroid dienone is 1. The Labute approximate surface area is 193 Å². The van der Waals surface area contributed by atoms with Gasteiger partial charge in [-0.05, 0) is 24.8 Å². The lowest BCUT2D eigenvalue weighted by Gasteiger charge is -2.18. The first-order valence-electron chi connectivity index (χ1n) is 12.4. The maximum Gasteiger partial charge on any atom is 0.0920 e. The largest absolute Gasteiger partial charge is 0.501 e. The summed E-state index contributed by atoms with van der Waals surface area (Å²) in [5, 5.41) is 0. The first kappa shape index (κ1) is 30.4. The van der Waals surface area contributed by atoms with Gasteiger partial charge in [-0.1, -0.05) is 54.9 Å². The molecule has 186 valence electrons. The van der Waals surface area contributed by atoms with Crippen LogP contribution in [0.1, 0.15) is 68.2 Å². The highest BCUT2D eigenvalue weighted by atomic mass is 16.5. The maximum absolute atomic E-state index is 5.86. The van der Waals surface area contributed by atoms with Gasteiger partial charge < -0.3 is 23.7 Å². The molecule has 0 aromatic rings. The van der Waals surface area contributed by atoms with Crippen molar-refractivity contribution in [3.63, 3.8) is 0 Å². The topological polar surface area (TPSA) is 46.2 Å². The fourth-order valence-corrected chi connectivity index (χ4v) is 2.63. The molecule has 0 N–H and O–H groups in total. The van der Waals surface area contributed by atoms with Gasteiger partial charge in [0.15, 0.2) is 0 Å². The third-order valence-corrected chi connectivity index (χ3v) is 5.14. The molecule has 5 nitrogen and oxygen atoms in total. The Morgan fingerprint density at radius 3 is 1.19 bits per heavy atom. The first-order valence-corrected chi connectivity index (χ1v) is 12.4. The van der Waals surface area contributed by atoms with E-state index in [-0.39, 0.29) is 0 Å². The summed E-state index contributed by atoms with van der Waals surface area (Å²) in [6, 6.07) is 0. The quantitative estimate of drug-likeness (QED) is 0.204. The maximum atomic E-state index is 5.86. The SMILES string of the molecule is CC/C(C)=C/OCC(C)COCC(C)COCC(C)COCC(C)COCC(C)CC. The second kappa shape index (κ2) is 20.0. The van der Waals surface area contributed by atoms with Crippen molar-refractivity contribution in [1.82, 2.24) is 0 Å². The molecule has 5 heteroatoms. The molecule has 0 aliphatic carbocycles. The van der Waals surface area contributed by atoms with E-state index in [1.165, 1.54) is 5.57 Å². The van der Waals surface area contributed by atoms with Crippen molar-refractivity contribution in [3.8, 4) is 0 Å². The van der Waals surface area contributed by atoms with E-state index in [4.69, 9.17) is 23.7 Å². The smallest absolute Gasteiger partial charge is 0.0920 e. The normalized spacial score (nSPS) is 17.2. The van der Waals surface area contributed by atoms with E-state index in [0.717, 1.165) is 45.9 Å². The van der Waals surface area contributed by atoms with Crippen molar-refractivity contribution < 1.29 is 23.7 Å². The third kappa shape index (κ3) is 19.8. The van der Waals surface area contributed by atoms with Gasteiger partial charge in [-0.15, -0.1) is 0 Å². The Morgan fingerprint density at radius 1 is 0.548 bits per heavy atom. The summed E-state index contributed by atoms with van der Waals surface area (Å²) in [6.07, 6.45) is 4.05. The average molecular weight is 445 g/mol. The Hall–Kier alpha value is -0.620. The highest BCUT2D eigenvalue weighted by Crippen LogP contribution is 2.07. The minimum Gasteiger partial charge on any atom is -0.501 e. The summed E-state index contributed by atoms with van der Waals surface area (Å²) in [5.41, 5.74) is 1.26. The molecule has 0 saturated heterocycles. The van der Waals surface area contributed by atoms with Crippen LogP contribution in [-0.2, 0) is 23.7 Å². The Kier molecular flexibility index (Phi) is 19.6. The summed E-state index contributed by atoms with van der Waals surface area (Å²) < 4.78 is 28.9. The molecule has 0 amide bonds. The standard InChI is InChI=1S/C26H52O5/c1-9-21(3)11-27-13-23(5)15-29-17-25(7)19-31-20-26(8)18-30-16-24(6)14-28-12-22(4)10-2/h11,22-26H,9-10,12-20H2,1-8H3/b21-11+. The minimum atomic E-state index is 0.381. The molecule has 0 rings (SSSR count). The second-order valence-corrected chi connectivity index (χ2v) is 9.74. The van der Waals surface area contributed by atoms with Crippen LogP contribution in [0.15, 0.2) is 11.8 Å². The van der Waals surface area contributed by atoms with Crippen LogP contribution in [0, 0.1) is 29.6 Å². The lowest BCUT2D eigenvalue weighted by Crippen LogP contribution is -2.21. The van der Waals surface area contributed by atoms with Gasteiger partial charge in [0.25, 0.3) is 0 Å². The number of ether oxygens (including phenoxy) is 5. The van der Waals surface area contributed by atoms with Crippen LogP contribution >= 0.6 is 0 Å². The fraction of sp³-hybridized carbons (Fsp3) is 0.923. The monoisotopic (exact) mass is 444 g/mol. The molecule has 0 fully saturated rings. The van der Waals surface area contributed by atoms with Gasteiger partial charge in [0, 0.05) is 30.3 Å². The molecular weight excluding hydrogens is 392 g/mol. The summed E-state index contributed by atoms with van der Waals surface area (Å²) in [4.78, 5) is 0. The van der Waals surface area contributed by atoms with Crippen LogP contribution < -0.4 is 0 Å². The van der Waals surface area contributed by atoms with Gasteiger partial charge in [-0.2, -0.15) is 0 Å². The predicted molar refractivity (Wildman–Crippen MR) is 129 cm³/mol. The van der Waals surface area contributed by atoms with Crippen LogP contribution in [0.25, 0.3) is 0 Å². The van der Waals surface area contributed by atoms with Crippen molar-refractivity contribution >= 4 is 0 Å². The lowest BCUT2D eigenvalue weighted by molar-refractivity contribution is -0.00574. The van der Waals surface area contributed by atoms with Gasteiger partial charge in [0.1, 0.15) is 0 Å². The number of hydrogen-bond acceptors (Lipinski definition) is 5. The highest BCUT2D eigenvalue weighted by Gasteiger charge is 2.10. The Balaban J connectivity index is 3.64. The zero-order chi connectivity index (χ0) is 23.5. The summed E-state index contributed by atoms with van der Waals surface area (Å²) in [5.74, 6) is 2.21. The molecule has 0 saturated carbocycles. The van der Waals surface area contributed by atoms with Crippen LogP contribution in [0.3, 0.4) is 0 Å². The van der Waals surface area contributed by atoms with Crippen LogP contribution in [-0.4, -0.2) is 59.5 Å². The fourth-order valence-electron chi connectivity index (χ4n) is 2.63. The average Bonchev–Trinajstić information content (AvgIpc) is 2.73. The zero-order valence-corrected chi connectivity index (χ0v) is 21.8. The Bertz CT molecular complexity index is 426. The molecule has 5 atom stereocenters. The van der Waals surface area contributed by atoms with Crippen molar-refractivity contribution in [3.05, 3.63) is 11.8 Å². The van der Waals surface area contributed by atoms with E-state index in [0.29, 0.717) is 56.0 Å². The van der Waals surface area contributed by atoms with Crippen LogP contribution in [0.2, 0.25) is 0 Å². The zero-order valence-electron chi connectivity index (χ0n) is 21.8. The first-order chi connectivity index (χ1) is 14.8.